The van der Waals surface area contributed by atoms with Crippen LogP contribution in [0.3, 0.4) is 0 Å². The van der Waals surface area contributed by atoms with Crippen LogP contribution in [0.2, 0.25) is 0 Å². The molecule has 15 heavy (non-hydrogen) atoms. The van der Waals surface area contributed by atoms with Gasteiger partial charge in [0.05, 0.1) is 11.4 Å². The van der Waals surface area contributed by atoms with Crippen molar-refractivity contribution in [2.45, 2.75) is 33.6 Å². The molecular formula is C13H18N2. The number of nitrogens with one attached hydrogen (secondary N) is 2. The second-order valence-electron chi connectivity index (χ2n) is 3.87. The van der Waals surface area contributed by atoms with E-state index < -0.39 is 0 Å². The van der Waals surface area contributed by atoms with Crippen LogP contribution < -0.4 is 0 Å². The van der Waals surface area contributed by atoms with Crippen LogP contribution in [0.1, 0.15) is 30.7 Å². The molecule has 0 amide bonds. The van der Waals surface area contributed by atoms with E-state index in [9.17, 15) is 0 Å². The molecule has 0 spiro atoms. The van der Waals surface area contributed by atoms with Gasteiger partial charge in [-0.25, -0.2) is 0 Å². The average molecular weight is 202 g/mol. The summed E-state index contributed by atoms with van der Waals surface area (Å²) >= 11 is 0. The van der Waals surface area contributed by atoms with Gasteiger partial charge >= 0.3 is 0 Å². The fourth-order valence-electron chi connectivity index (χ4n) is 2.30. The Morgan fingerprint density at radius 1 is 1.13 bits per heavy atom. The Balaban J connectivity index is 2.57. The fraction of sp³-hybridized carbons (Fsp3) is 0.385. The minimum absolute atomic E-state index is 1.09. The molecule has 0 fully saturated rings. The van der Waals surface area contributed by atoms with Gasteiger partial charge in [0.25, 0.3) is 0 Å². The lowest BCUT2D eigenvalue weighted by Gasteiger charge is -2.01. The molecule has 2 rings (SSSR count). The predicted octanol–water partition coefficient (Wildman–Crippen LogP) is 3.44. The third-order valence-corrected chi connectivity index (χ3v) is 3.01. The van der Waals surface area contributed by atoms with Gasteiger partial charge in [0.15, 0.2) is 0 Å². The van der Waals surface area contributed by atoms with Crippen molar-refractivity contribution in [1.82, 2.24) is 9.97 Å². The Bertz CT molecular complexity index is 435. The number of aryl methyl sites for hydroxylation is 1. The molecule has 2 aromatic rings. The topological polar surface area (TPSA) is 31.6 Å². The highest BCUT2D eigenvalue weighted by Crippen LogP contribution is 2.27. The molecule has 0 saturated heterocycles. The van der Waals surface area contributed by atoms with Gasteiger partial charge in [-0.1, -0.05) is 13.8 Å². The summed E-state index contributed by atoms with van der Waals surface area (Å²) in [7, 11) is 0. The zero-order valence-corrected chi connectivity index (χ0v) is 9.65. The van der Waals surface area contributed by atoms with Gasteiger partial charge in [0, 0.05) is 11.9 Å². The standard InChI is InChI=1S/C13H18N2/c1-4-10-9(3)15-13(11(10)5-2)12-7-6-8-14-12/h6-8,14-15H,4-5H2,1-3H3. The maximum Gasteiger partial charge on any atom is 0.0656 e. The lowest BCUT2D eigenvalue weighted by atomic mass is 10.0. The van der Waals surface area contributed by atoms with Crippen molar-refractivity contribution in [1.29, 1.82) is 0 Å². The molecule has 0 aliphatic heterocycles. The van der Waals surface area contributed by atoms with Gasteiger partial charge in [-0.3, -0.25) is 0 Å². The Hall–Kier alpha value is -1.44. The summed E-state index contributed by atoms with van der Waals surface area (Å²) in [6.07, 6.45) is 4.16. The number of H-pyrrole nitrogens is 2. The number of rotatable bonds is 3. The van der Waals surface area contributed by atoms with Gasteiger partial charge in [-0.15, -0.1) is 0 Å². The van der Waals surface area contributed by atoms with Gasteiger partial charge in [-0.05, 0) is 43.0 Å². The monoisotopic (exact) mass is 202 g/mol. The van der Waals surface area contributed by atoms with Crippen LogP contribution in [0.25, 0.3) is 11.4 Å². The maximum absolute atomic E-state index is 3.49. The summed E-state index contributed by atoms with van der Waals surface area (Å²) in [4.78, 5) is 6.75. The second kappa shape index (κ2) is 3.97. The minimum Gasteiger partial charge on any atom is -0.360 e. The molecule has 2 heterocycles. The van der Waals surface area contributed by atoms with E-state index in [2.05, 4.69) is 36.8 Å². The van der Waals surface area contributed by atoms with E-state index in [4.69, 9.17) is 0 Å². The van der Waals surface area contributed by atoms with Crippen LogP contribution >= 0.6 is 0 Å². The maximum atomic E-state index is 3.49. The molecule has 2 N–H and O–H groups in total. The smallest absolute Gasteiger partial charge is 0.0656 e. The van der Waals surface area contributed by atoms with Crippen LogP contribution in [-0.2, 0) is 12.8 Å². The Morgan fingerprint density at radius 3 is 2.40 bits per heavy atom. The van der Waals surface area contributed by atoms with E-state index in [1.165, 1.54) is 28.2 Å². The first-order valence-electron chi connectivity index (χ1n) is 5.62. The number of hydrogen-bond acceptors (Lipinski definition) is 0. The normalized spacial score (nSPS) is 10.9. The summed E-state index contributed by atoms with van der Waals surface area (Å²) in [6.45, 7) is 6.59. The van der Waals surface area contributed by atoms with E-state index in [-0.39, 0.29) is 0 Å². The highest BCUT2D eigenvalue weighted by atomic mass is 14.8. The minimum atomic E-state index is 1.09. The molecule has 0 aliphatic rings. The summed E-state index contributed by atoms with van der Waals surface area (Å²) in [5, 5.41) is 0. The third-order valence-electron chi connectivity index (χ3n) is 3.01. The molecule has 2 aromatic heterocycles. The molecule has 0 bridgehead atoms. The van der Waals surface area contributed by atoms with Gasteiger partial charge in [0.1, 0.15) is 0 Å². The summed E-state index contributed by atoms with van der Waals surface area (Å²) in [5.74, 6) is 0. The predicted molar refractivity (Wildman–Crippen MR) is 64.1 cm³/mol. The first-order chi connectivity index (χ1) is 7.27. The Morgan fingerprint density at radius 2 is 1.87 bits per heavy atom. The summed E-state index contributed by atoms with van der Waals surface area (Å²) in [6, 6.07) is 4.15. The van der Waals surface area contributed by atoms with Crippen LogP contribution in [0.5, 0.6) is 0 Å². The fourth-order valence-corrected chi connectivity index (χ4v) is 2.30. The quantitative estimate of drug-likeness (QED) is 0.764. The van der Waals surface area contributed by atoms with Gasteiger partial charge in [-0.2, -0.15) is 0 Å². The third kappa shape index (κ3) is 1.60. The largest absolute Gasteiger partial charge is 0.360 e. The van der Waals surface area contributed by atoms with E-state index in [1.54, 1.807) is 0 Å². The Kier molecular flexibility index (Phi) is 2.67. The van der Waals surface area contributed by atoms with Crippen molar-refractivity contribution < 1.29 is 0 Å². The zero-order valence-electron chi connectivity index (χ0n) is 9.65. The molecule has 0 saturated carbocycles. The number of hydrogen-bond donors (Lipinski definition) is 2. The molecule has 0 aliphatic carbocycles. The van der Waals surface area contributed by atoms with Crippen LogP contribution in [-0.4, -0.2) is 9.97 Å². The van der Waals surface area contributed by atoms with Crippen molar-refractivity contribution in [2.75, 3.05) is 0 Å². The lowest BCUT2D eigenvalue weighted by Crippen LogP contribution is -1.89. The highest BCUT2D eigenvalue weighted by Gasteiger charge is 2.13. The lowest BCUT2D eigenvalue weighted by molar-refractivity contribution is 1.04. The van der Waals surface area contributed by atoms with E-state index in [0.29, 0.717) is 0 Å². The molecule has 2 nitrogen and oxygen atoms in total. The van der Waals surface area contributed by atoms with Crippen molar-refractivity contribution in [3.63, 3.8) is 0 Å². The molecule has 2 heteroatoms. The van der Waals surface area contributed by atoms with E-state index >= 15 is 0 Å². The second-order valence-corrected chi connectivity index (χ2v) is 3.87. The van der Waals surface area contributed by atoms with Crippen LogP contribution in [0.15, 0.2) is 18.3 Å². The number of aromatic nitrogens is 2. The Labute approximate surface area is 90.7 Å². The van der Waals surface area contributed by atoms with Crippen LogP contribution in [0, 0.1) is 6.92 Å². The van der Waals surface area contributed by atoms with Crippen molar-refractivity contribution >= 4 is 0 Å². The van der Waals surface area contributed by atoms with E-state index in [1.807, 2.05) is 12.3 Å². The van der Waals surface area contributed by atoms with Gasteiger partial charge < -0.3 is 9.97 Å². The first kappa shape index (κ1) is 10.1. The molecular weight excluding hydrogens is 184 g/mol. The van der Waals surface area contributed by atoms with Crippen molar-refractivity contribution in [3.05, 3.63) is 35.2 Å². The van der Waals surface area contributed by atoms with Crippen molar-refractivity contribution in [2.24, 2.45) is 0 Å². The molecule has 0 unspecified atom stereocenters. The highest BCUT2D eigenvalue weighted by molar-refractivity contribution is 5.63. The summed E-state index contributed by atoms with van der Waals surface area (Å²) in [5.41, 5.74) is 6.69. The van der Waals surface area contributed by atoms with Crippen molar-refractivity contribution in [3.8, 4) is 11.4 Å². The van der Waals surface area contributed by atoms with Gasteiger partial charge in [0.2, 0.25) is 0 Å². The molecule has 0 atom stereocenters. The number of aromatic amines is 2. The average Bonchev–Trinajstić information content (AvgIpc) is 2.83. The summed E-state index contributed by atoms with van der Waals surface area (Å²) < 4.78 is 0. The first-order valence-corrected chi connectivity index (χ1v) is 5.62. The van der Waals surface area contributed by atoms with Crippen LogP contribution in [0.4, 0.5) is 0 Å². The molecule has 80 valence electrons. The van der Waals surface area contributed by atoms with E-state index in [0.717, 1.165) is 12.8 Å². The zero-order chi connectivity index (χ0) is 10.8. The molecule has 0 radical (unpaired) electrons. The molecule has 0 aromatic carbocycles. The SMILES string of the molecule is CCc1c(C)[nH]c(-c2ccc[nH]2)c1CC.